The van der Waals surface area contributed by atoms with Crippen LogP contribution in [0.15, 0.2) is 59.8 Å². The van der Waals surface area contributed by atoms with Gasteiger partial charge in [0, 0.05) is 36.1 Å². The first-order chi connectivity index (χ1) is 13.1. The Labute approximate surface area is 153 Å². The summed E-state index contributed by atoms with van der Waals surface area (Å²) in [6, 6.07) is 8.56. The molecule has 0 saturated heterocycles. The molecule has 0 aliphatic carbocycles. The first-order valence-electron chi connectivity index (χ1n) is 8.03. The molecule has 0 bridgehead atoms. The summed E-state index contributed by atoms with van der Waals surface area (Å²) in [5.74, 6) is 0.0362. The number of benzene rings is 1. The average Bonchev–Trinajstić information content (AvgIpc) is 3.35. The largest absolute Gasteiger partial charge is 0.397 e. The van der Waals surface area contributed by atoms with Crippen LogP contribution in [0.4, 0.5) is 11.4 Å². The predicted octanol–water partition coefficient (Wildman–Crippen LogP) is 2.37. The van der Waals surface area contributed by atoms with E-state index in [9.17, 15) is 4.79 Å². The number of carbonyl (C=O) groups excluding carboxylic acids is 1. The number of aromatic nitrogens is 5. The maximum atomic E-state index is 12.5. The van der Waals surface area contributed by atoms with Crippen molar-refractivity contribution in [3.05, 3.63) is 61.0 Å². The van der Waals surface area contributed by atoms with Gasteiger partial charge in [-0.25, -0.2) is 0 Å². The van der Waals surface area contributed by atoms with E-state index < -0.39 is 0 Å². The van der Waals surface area contributed by atoms with Gasteiger partial charge in [-0.1, -0.05) is 11.2 Å². The molecule has 1 aromatic carbocycles. The highest BCUT2D eigenvalue weighted by Crippen LogP contribution is 2.26. The molecule has 3 aromatic heterocycles. The van der Waals surface area contributed by atoms with Gasteiger partial charge in [0.05, 0.1) is 17.6 Å². The molecule has 9 nitrogen and oxygen atoms in total. The van der Waals surface area contributed by atoms with E-state index in [1.807, 2.05) is 19.3 Å². The Morgan fingerprint density at radius 1 is 1.11 bits per heavy atom. The number of carbonyl (C=O) groups is 1. The number of amides is 1. The summed E-state index contributed by atoms with van der Waals surface area (Å²) in [6.45, 7) is 0. The van der Waals surface area contributed by atoms with Crippen molar-refractivity contribution in [3.63, 3.8) is 0 Å². The van der Waals surface area contributed by atoms with Crippen molar-refractivity contribution in [2.24, 2.45) is 7.05 Å². The first kappa shape index (κ1) is 16.5. The van der Waals surface area contributed by atoms with E-state index in [1.54, 1.807) is 41.3 Å². The molecule has 4 rings (SSSR count). The van der Waals surface area contributed by atoms with E-state index in [4.69, 9.17) is 10.3 Å². The SMILES string of the molecule is Cn1cc(-c2ccc(C(=O)Nc3cc(-c4ncon4)ccc3N)nc2)cn1. The predicted molar refractivity (Wildman–Crippen MR) is 98.5 cm³/mol. The lowest BCUT2D eigenvalue weighted by atomic mass is 10.1. The Bertz CT molecular complexity index is 1090. The molecule has 9 heteroatoms. The highest BCUT2D eigenvalue weighted by atomic mass is 16.5. The average molecular weight is 361 g/mol. The van der Waals surface area contributed by atoms with Gasteiger partial charge in [0.25, 0.3) is 5.91 Å². The lowest BCUT2D eigenvalue weighted by Gasteiger charge is -2.09. The fourth-order valence-corrected chi connectivity index (χ4v) is 2.56. The summed E-state index contributed by atoms with van der Waals surface area (Å²) in [7, 11) is 1.84. The first-order valence-corrected chi connectivity index (χ1v) is 8.03. The normalized spacial score (nSPS) is 10.7. The third kappa shape index (κ3) is 3.38. The van der Waals surface area contributed by atoms with E-state index in [2.05, 4.69) is 25.5 Å². The lowest BCUT2D eigenvalue weighted by Crippen LogP contribution is -2.14. The Balaban J connectivity index is 1.54. The van der Waals surface area contributed by atoms with Crippen LogP contribution in [0.3, 0.4) is 0 Å². The van der Waals surface area contributed by atoms with Gasteiger partial charge < -0.3 is 15.6 Å². The number of aryl methyl sites for hydroxylation is 1. The molecule has 0 fully saturated rings. The third-order valence-electron chi connectivity index (χ3n) is 3.96. The zero-order chi connectivity index (χ0) is 18.8. The van der Waals surface area contributed by atoms with E-state index >= 15 is 0 Å². The Kier molecular flexibility index (Phi) is 4.09. The van der Waals surface area contributed by atoms with Gasteiger partial charge in [-0.15, -0.1) is 0 Å². The summed E-state index contributed by atoms with van der Waals surface area (Å²) in [4.78, 5) is 20.7. The van der Waals surface area contributed by atoms with Gasteiger partial charge in [-0.3, -0.25) is 14.5 Å². The van der Waals surface area contributed by atoms with Gasteiger partial charge in [0.1, 0.15) is 5.69 Å². The van der Waals surface area contributed by atoms with Crippen molar-refractivity contribution in [3.8, 4) is 22.5 Å². The monoisotopic (exact) mass is 361 g/mol. The van der Waals surface area contributed by atoms with Gasteiger partial charge in [0.2, 0.25) is 12.2 Å². The Morgan fingerprint density at radius 2 is 1.96 bits per heavy atom. The molecule has 0 unspecified atom stereocenters. The number of hydrogen-bond acceptors (Lipinski definition) is 7. The third-order valence-corrected chi connectivity index (χ3v) is 3.96. The summed E-state index contributed by atoms with van der Waals surface area (Å²) < 4.78 is 6.45. The summed E-state index contributed by atoms with van der Waals surface area (Å²) in [6.07, 6.45) is 6.48. The fraction of sp³-hybridized carbons (Fsp3) is 0.0556. The summed E-state index contributed by atoms with van der Waals surface area (Å²) in [5, 5.41) is 10.7. The molecular formula is C18H15N7O2. The fourth-order valence-electron chi connectivity index (χ4n) is 2.56. The van der Waals surface area contributed by atoms with E-state index in [0.717, 1.165) is 11.1 Å². The number of nitrogens with two attached hydrogens (primary N) is 1. The van der Waals surface area contributed by atoms with Crippen molar-refractivity contribution < 1.29 is 9.32 Å². The van der Waals surface area contributed by atoms with E-state index in [1.165, 1.54) is 6.39 Å². The van der Waals surface area contributed by atoms with Gasteiger partial charge in [-0.2, -0.15) is 10.1 Å². The van der Waals surface area contributed by atoms with Crippen LogP contribution in [0.2, 0.25) is 0 Å². The molecule has 1 amide bonds. The van der Waals surface area contributed by atoms with Crippen molar-refractivity contribution >= 4 is 17.3 Å². The van der Waals surface area contributed by atoms with Crippen molar-refractivity contribution in [2.75, 3.05) is 11.1 Å². The smallest absolute Gasteiger partial charge is 0.274 e. The molecule has 0 radical (unpaired) electrons. The number of anilines is 2. The molecule has 0 aliphatic heterocycles. The van der Waals surface area contributed by atoms with Crippen LogP contribution >= 0.6 is 0 Å². The maximum absolute atomic E-state index is 12.5. The van der Waals surface area contributed by atoms with Crippen LogP contribution < -0.4 is 11.1 Å². The lowest BCUT2D eigenvalue weighted by molar-refractivity contribution is 0.102. The minimum atomic E-state index is -0.371. The molecule has 0 atom stereocenters. The van der Waals surface area contributed by atoms with Gasteiger partial charge in [0.15, 0.2) is 0 Å². The number of nitrogen functional groups attached to an aromatic ring is 1. The number of hydrogen-bond donors (Lipinski definition) is 2. The second kappa shape index (κ2) is 6.71. The Hall–Kier alpha value is -4.01. The van der Waals surface area contributed by atoms with Crippen molar-refractivity contribution in [1.29, 1.82) is 0 Å². The maximum Gasteiger partial charge on any atom is 0.274 e. The van der Waals surface area contributed by atoms with Gasteiger partial charge >= 0.3 is 0 Å². The van der Waals surface area contributed by atoms with Crippen LogP contribution in [0, 0.1) is 0 Å². The molecule has 3 heterocycles. The van der Waals surface area contributed by atoms with Crippen molar-refractivity contribution in [2.45, 2.75) is 0 Å². The topological polar surface area (TPSA) is 125 Å². The summed E-state index contributed by atoms with van der Waals surface area (Å²) in [5.41, 5.74) is 9.57. The zero-order valence-electron chi connectivity index (χ0n) is 14.3. The molecule has 4 aromatic rings. The molecule has 0 spiro atoms. The second-order valence-corrected chi connectivity index (χ2v) is 5.85. The minimum absolute atomic E-state index is 0.270. The number of nitrogens with one attached hydrogen (secondary N) is 1. The van der Waals surface area contributed by atoms with Crippen LogP contribution in [-0.2, 0) is 7.05 Å². The van der Waals surface area contributed by atoms with Crippen LogP contribution in [0.25, 0.3) is 22.5 Å². The zero-order valence-corrected chi connectivity index (χ0v) is 14.3. The quantitative estimate of drug-likeness (QED) is 0.535. The molecule has 134 valence electrons. The molecule has 3 N–H and O–H groups in total. The van der Waals surface area contributed by atoms with Crippen molar-refractivity contribution in [1.82, 2.24) is 24.9 Å². The molecule has 27 heavy (non-hydrogen) atoms. The number of rotatable bonds is 4. The molecule has 0 saturated carbocycles. The summed E-state index contributed by atoms with van der Waals surface area (Å²) >= 11 is 0. The molecular weight excluding hydrogens is 346 g/mol. The number of pyridine rings is 1. The molecule has 0 aliphatic rings. The standard InChI is InChI=1S/C18H15N7O2/c1-25-9-13(8-22-25)12-3-5-15(20-7-12)18(26)23-16-6-11(2-4-14(16)19)17-21-10-27-24-17/h2-10H,19H2,1H3,(H,23,26). The minimum Gasteiger partial charge on any atom is -0.397 e. The second-order valence-electron chi connectivity index (χ2n) is 5.85. The van der Waals surface area contributed by atoms with Crippen LogP contribution in [-0.4, -0.2) is 30.8 Å². The van der Waals surface area contributed by atoms with Crippen LogP contribution in [0.1, 0.15) is 10.5 Å². The van der Waals surface area contributed by atoms with Gasteiger partial charge in [-0.05, 0) is 24.3 Å². The van der Waals surface area contributed by atoms with E-state index in [-0.39, 0.29) is 11.6 Å². The highest BCUT2D eigenvalue weighted by molar-refractivity contribution is 6.05. The Morgan fingerprint density at radius 3 is 2.63 bits per heavy atom. The highest BCUT2D eigenvalue weighted by Gasteiger charge is 2.12. The van der Waals surface area contributed by atoms with E-state index in [0.29, 0.717) is 22.8 Å². The van der Waals surface area contributed by atoms with Crippen LogP contribution in [0.5, 0.6) is 0 Å². The number of nitrogens with zero attached hydrogens (tertiary/aromatic N) is 5.